The van der Waals surface area contributed by atoms with E-state index >= 15 is 0 Å². The van der Waals surface area contributed by atoms with Crippen LogP contribution >= 0.6 is 0 Å². The molecule has 0 amide bonds. The van der Waals surface area contributed by atoms with Gasteiger partial charge in [-0.15, -0.1) is 5.10 Å². The number of aromatic nitrogens is 5. The molecule has 25 heavy (non-hydrogen) atoms. The molecule has 1 saturated heterocycles. The van der Waals surface area contributed by atoms with Gasteiger partial charge < -0.3 is 14.7 Å². The number of carboxylic acids is 1. The second-order valence-corrected chi connectivity index (χ2v) is 6.06. The Balaban J connectivity index is 1.96. The fraction of sp³-hybridized carbons (Fsp3) is 0.375. The lowest BCUT2D eigenvalue weighted by atomic mass is 10.1. The molecule has 0 aliphatic carbocycles. The highest BCUT2D eigenvalue weighted by Crippen LogP contribution is 2.29. The van der Waals surface area contributed by atoms with Crippen molar-refractivity contribution < 1.29 is 14.6 Å². The molecule has 4 rings (SSSR count). The molecule has 130 valence electrons. The summed E-state index contributed by atoms with van der Waals surface area (Å²) in [6.07, 6.45) is 3.24. The molecule has 3 aromatic heterocycles. The Bertz CT molecular complexity index is 947. The zero-order chi connectivity index (χ0) is 17.6. The van der Waals surface area contributed by atoms with Gasteiger partial charge in [0.15, 0.2) is 5.82 Å². The van der Waals surface area contributed by atoms with E-state index in [-0.39, 0.29) is 11.9 Å². The van der Waals surface area contributed by atoms with Crippen LogP contribution in [0.1, 0.15) is 17.5 Å². The lowest BCUT2D eigenvalue weighted by Gasteiger charge is -2.34. The van der Waals surface area contributed by atoms with Crippen molar-refractivity contribution in [1.29, 1.82) is 0 Å². The molecule has 4 heterocycles. The Morgan fingerprint density at radius 3 is 2.96 bits per heavy atom. The minimum absolute atomic E-state index is 0.110. The van der Waals surface area contributed by atoms with Crippen LogP contribution in [0.15, 0.2) is 24.5 Å². The third-order valence-electron chi connectivity index (χ3n) is 4.44. The summed E-state index contributed by atoms with van der Waals surface area (Å²) < 4.78 is 8.63. The molecule has 1 unspecified atom stereocenters. The SMILES string of the molecule is CC1COCCN1c1cc(-c2ccnn2C)c2cnc(C(=O)O)n2n1. The van der Waals surface area contributed by atoms with E-state index in [2.05, 4.69) is 27.0 Å². The molecule has 0 aromatic carbocycles. The smallest absolute Gasteiger partial charge is 0.374 e. The molecule has 0 radical (unpaired) electrons. The monoisotopic (exact) mass is 342 g/mol. The standard InChI is InChI=1S/C16H18N6O3/c1-10-9-25-6-5-21(10)14-7-11(12-3-4-18-20(12)2)13-8-17-15(16(23)24)22(13)19-14/h3-4,7-8,10H,5-6,9H2,1-2H3,(H,23,24). The van der Waals surface area contributed by atoms with Gasteiger partial charge in [-0.05, 0) is 19.1 Å². The quantitative estimate of drug-likeness (QED) is 0.760. The normalized spacial score (nSPS) is 18.0. The lowest BCUT2D eigenvalue weighted by Crippen LogP contribution is -2.44. The Morgan fingerprint density at radius 1 is 1.44 bits per heavy atom. The molecule has 1 atom stereocenters. The molecule has 9 heteroatoms. The maximum Gasteiger partial charge on any atom is 0.374 e. The maximum absolute atomic E-state index is 11.5. The topological polar surface area (TPSA) is 97.8 Å². The molecule has 1 aliphatic heterocycles. The Morgan fingerprint density at radius 2 is 2.28 bits per heavy atom. The van der Waals surface area contributed by atoms with Crippen molar-refractivity contribution in [2.45, 2.75) is 13.0 Å². The number of fused-ring (bicyclic) bond motifs is 1. The first kappa shape index (κ1) is 15.6. The predicted octanol–water partition coefficient (Wildman–Crippen LogP) is 1.05. The second kappa shape index (κ2) is 5.85. The van der Waals surface area contributed by atoms with Crippen molar-refractivity contribution >= 4 is 17.3 Å². The Hall–Kier alpha value is -2.94. The van der Waals surface area contributed by atoms with Crippen molar-refractivity contribution in [2.75, 3.05) is 24.7 Å². The van der Waals surface area contributed by atoms with Crippen LogP contribution in [0, 0.1) is 0 Å². The van der Waals surface area contributed by atoms with Crippen LogP contribution in [0.3, 0.4) is 0 Å². The second-order valence-electron chi connectivity index (χ2n) is 6.06. The molecular weight excluding hydrogens is 324 g/mol. The van der Waals surface area contributed by atoms with Crippen LogP contribution in [0.4, 0.5) is 5.82 Å². The summed E-state index contributed by atoms with van der Waals surface area (Å²) in [5, 5.41) is 18.2. The number of carboxylic acid groups (broad SMARTS) is 1. The Kier molecular flexibility index (Phi) is 3.65. The van der Waals surface area contributed by atoms with Gasteiger partial charge in [-0.2, -0.15) is 5.10 Å². The number of imidazole rings is 1. The number of anilines is 1. The summed E-state index contributed by atoms with van der Waals surface area (Å²) in [6.45, 7) is 3.97. The van der Waals surface area contributed by atoms with Gasteiger partial charge in [-0.1, -0.05) is 0 Å². The van der Waals surface area contributed by atoms with E-state index in [1.54, 1.807) is 10.9 Å². The van der Waals surface area contributed by atoms with Gasteiger partial charge in [0.2, 0.25) is 5.82 Å². The van der Waals surface area contributed by atoms with Crippen LogP contribution in [0.25, 0.3) is 16.8 Å². The summed E-state index contributed by atoms with van der Waals surface area (Å²) in [5.41, 5.74) is 2.33. The minimum atomic E-state index is -1.12. The van der Waals surface area contributed by atoms with Crippen LogP contribution in [-0.4, -0.2) is 61.3 Å². The van der Waals surface area contributed by atoms with Crippen LogP contribution in [-0.2, 0) is 11.8 Å². The van der Waals surface area contributed by atoms with Crippen LogP contribution in [0.2, 0.25) is 0 Å². The number of rotatable bonds is 3. The summed E-state index contributed by atoms with van der Waals surface area (Å²) in [5.74, 6) is -0.531. The number of aryl methyl sites for hydroxylation is 1. The zero-order valence-electron chi connectivity index (χ0n) is 14.0. The molecule has 9 nitrogen and oxygen atoms in total. The van der Waals surface area contributed by atoms with E-state index in [0.717, 1.165) is 11.3 Å². The summed E-state index contributed by atoms with van der Waals surface area (Å²) in [6, 6.07) is 3.99. The van der Waals surface area contributed by atoms with E-state index in [1.807, 2.05) is 19.2 Å². The minimum Gasteiger partial charge on any atom is -0.475 e. The van der Waals surface area contributed by atoms with Gasteiger partial charge in [0.25, 0.3) is 0 Å². The van der Waals surface area contributed by atoms with Crippen molar-refractivity contribution in [3.63, 3.8) is 0 Å². The highest BCUT2D eigenvalue weighted by atomic mass is 16.5. The van der Waals surface area contributed by atoms with Gasteiger partial charge in [-0.3, -0.25) is 4.68 Å². The highest BCUT2D eigenvalue weighted by molar-refractivity contribution is 5.88. The molecule has 0 spiro atoms. The molecule has 1 fully saturated rings. The number of hydrogen-bond acceptors (Lipinski definition) is 6. The number of morpholine rings is 1. The third kappa shape index (κ3) is 2.52. The first-order valence-electron chi connectivity index (χ1n) is 8.01. The average Bonchev–Trinajstić information content (AvgIpc) is 3.20. The first-order valence-corrected chi connectivity index (χ1v) is 8.01. The van der Waals surface area contributed by atoms with Gasteiger partial charge in [0, 0.05) is 25.4 Å². The maximum atomic E-state index is 11.5. The molecule has 1 aliphatic rings. The van der Waals surface area contributed by atoms with E-state index in [1.165, 1.54) is 10.7 Å². The predicted molar refractivity (Wildman–Crippen MR) is 89.8 cm³/mol. The number of hydrogen-bond donors (Lipinski definition) is 1. The van der Waals surface area contributed by atoms with Crippen LogP contribution in [0.5, 0.6) is 0 Å². The largest absolute Gasteiger partial charge is 0.475 e. The van der Waals surface area contributed by atoms with Crippen LogP contribution < -0.4 is 4.90 Å². The molecular formula is C16H18N6O3. The fourth-order valence-corrected chi connectivity index (χ4v) is 3.16. The van der Waals surface area contributed by atoms with Crippen molar-refractivity contribution in [1.82, 2.24) is 24.4 Å². The fourth-order valence-electron chi connectivity index (χ4n) is 3.16. The van der Waals surface area contributed by atoms with Gasteiger partial charge in [0.05, 0.1) is 36.7 Å². The van der Waals surface area contributed by atoms with E-state index in [9.17, 15) is 9.90 Å². The Labute approximate surface area is 143 Å². The van der Waals surface area contributed by atoms with Crippen molar-refractivity contribution in [2.24, 2.45) is 7.05 Å². The number of ether oxygens (including phenoxy) is 1. The molecule has 3 aromatic rings. The summed E-state index contributed by atoms with van der Waals surface area (Å²) in [7, 11) is 1.85. The molecule has 0 bridgehead atoms. The van der Waals surface area contributed by atoms with Gasteiger partial charge in [-0.25, -0.2) is 14.3 Å². The molecule has 1 N–H and O–H groups in total. The van der Waals surface area contributed by atoms with Gasteiger partial charge >= 0.3 is 5.97 Å². The number of carbonyl (C=O) groups is 1. The van der Waals surface area contributed by atoms with E-state index < -0.39 is 5.97 Å². The highest BCUT2D eigenvalue weighted by Gasteiger charge is 2.24. The third-order valence-corrected chi connectivity index (χ3v) is 4.44. The van der Waals surface area contributed by atoms with E-state index in [4.69, 9.17) is 4.74 Å². The summed E-state index contributed by atoms with van der Waals surface area (Å²) in [4.78, 5) is 17.7. The zero-order valence-corrected chi connectivity index (χ0v) is 14.0. The first-order chi connectivity index (χ1) is 12.1. The molecule has 0 saturated carbocycles. The number of aromatic carboxylic acids is 1. The van der Waals surface area contributed by atoms with Crippen molar-refractivity contribution in [3.8, 4) is 11.3 Å². The van der Waals surface area contributed by atoms with Crippen molar-refractivity contribution in [3.05, 3.63) is 30.4 Å². The van der Waals surface area contributed by atoms with Gasteiger partial charge in [0.1, 0.15) is 0 Å². The number of nitrogens with zero attached hydrogens (tertiary/aromatic N) is 6. The summed E-state index contributed by atoms with van der Waals surface area (Å²) >= 11 is 0. The lowest BCUT2D eigenvalue weighted by molar-refractivity contribution is 0.0681. The van der Waals surface area contributed by atoms with E-state index in [0.29, 0.717) is 31.1 Å². The average molecular weight is 342 g/mol.